The van der Waals surface area contributed by atoms with Crippen molar-refractivity contribution in [3.8, 4) is 11.4 Å². The molecular weight excluding hydrogens is 244 g/mol. The zero-order valence-electron chi connectivity index (χ0n) is 10.3. The zero-order valence-corrected chi connectivity index (χ0v) is 10.3. The summed E-state index contributed by atoms with van der Waals surface area (Å²) in [6.07, 6.45) is 3.99. The molecule has 5 nitrogen and oxygen atoms in total. The second kappa shape index (κ2) is 5.86. The van der Waals surface area contributed by atoms with E-state index in [-0.39, 0.29) is 5.69 Å². The first kappa shape index (κ1) is 12.9. The van der Waals surface area contributed by atoms with E-state index in [4.69, 9.17) is 9.84 Å². The number of hydrogen-bond donors (Lipinski definition) is 1. The van der Waals surface area contributed by atoms with Gasteiger partial charge in [0.25, 0.3) is 0 Å². The molecule has 19 heavy (non-hydrogen) atoms. The molecule has 0 saturated heterocycles. The molecule has 2 rings (SSSR count). The van der Waals surface area contributed by atoms with Gasteiger partial charge in [0.05, 0.1) is 18.5 Å². The van der Waals surface area contributed by atoms with E-state index in [1.165, 1.54) is 16.9 Å². The Bertz CT molecular complexity index is 590. The molecule has 0 saturated carbocycles. The molecule has 1 aromatic carbocycles. The lowest BCUT2D eigenvalue weighted by atomic mass is 10.3. The lowest BCUT2D eigenvalue weighted by Crippen LogP contribution is -2.08. The van der Waals surface area contributed by atoms with Crippen LogP contribution < -0.4 is 4.74 Å². The summed E-state index contributed by atoms with van der Waals surface area (Å²) >= 11 is 0. The standard InChI is InChI=1S/C14H14N2O3/c1-2-3-9-19-12-6-4-5-11(10-12)16-13(14(17)18)7-8-15-16/h2,4-8,10H,1,3,9H2,(H,17,18). The number of benzene rings is 1. The Kier molecular flexibility index (Phi) is 3.97. The fraction of sp³-hybridized carbons (Fsp3) is 0.143. The topological polar surface area (TPSA) is 64.4 Å². The molecule has 0 fully saturated rings. The third kappa shape index (κ3) is 3.01. The highest BCUT2D eigenvalue weighted by Crippen LogP contribution is 2.18. The van der Waals surface area contributed by atoms with E-state index in [0.717, 1.165) is 6.42 Å². The molecule has 0 radical (unpaired) electrons. The summed E-state index contributed by atoms with van der Waals surface area (Å²) in [5, 5.41) is 13.1. The van der Waals surface area contributed by atoms with Gasteiger partial charge in [0.2, 0.25) is 0 Å². The third-order valence-corrected chi connectivity index (χ3v) is 2.51. The maximum atomic E-state index is 11.0. The molecule has 0 aliphatic heterocycles. The van der Waals surface area contributed by atoms with Crippen molar-refractivity contribution >= 4 is 5.97 Å². The largest absolute Gasteiger partial charge is 0.493 e. The van der Waals surface area contributed by atoms with E-state index in [2.05, 4.69) is 11.7 Å². The number of aromatic nitrogens is 2. The zero-order chi connectivity index (χ0) is 13.7. The number of carboxylic acids is 1. The highest BCUT2D eigenvalue weighted by molar-refractivity contribution is 5.86. The summed E-state index contributed by atoms with van der Waals surface area (Å²) in [6.45, 7) is 4.16. The predicted octanol–water partition coefficient (Wildman–Crippen LogP) is 2.53. The number of rotatable bonds is 6. The minimum absolute atomic E-state index is 0.114. The quantitative estimate of drug-likeness (QED) is 0.638. The summed E-state index contributed by atoms with van der Waals surface area (Å²) in [6, 6.07) is 8.60. The number of nitrogens with zero attached hydrogens (tertiary/aromatic N) is 2. The Hall–Kier alpha value is -2.56. The molecule has 0 aliphatic rings. The van der Waals surface area contributed by atoms with Crippen molar-refractivity contribution in [1.29, 1.82) is 0 Å². The maximum absolute atomic E-state index is 11.0. The van der Waals surface area contributed by atoms with Gasteiger partial charge in [0.15, 0.2) is 5.69 Å². The van der Waals surface area contributed by atoms with Gasteiger partial charge in [0, 0.05) is 6.07 Å². The molecule has 0 aliphatic carbocycles. The number of carbonyl (C=O) groups is 1. The van der Waals surface area contributed by atoms with Crippen molar-refractivity contribution in [3.05, 3.63) is 54.9 Å². The molecule has 0 atom stereocenters. The summed E-state index contributed by atoms with van der Waals surface area (Å²) in [4.78, 5) is 11.0. The van der Waals surface area contributed by atoms with Gasteiger partial charge in [0.1, 0.15) is 5.75 Å². The van der Waals surface area contributed by atoms with Crippen LogP contribution in [0.3, 0.4) is 0 Å². The molecule has 5 heteroatoms. The lowest BCUT2D eigenvalue weighted by Gasteiger charge is -2.08. The summed E-state index contributed by atoms with van der Waals surface area (Å²) in [7, 11) is 0. The van der Waals surface area contributed by atoms with Crippen molar-refractivity contribution in [3.63, 3.8) is 0 Å². The van der Waals surface area contributed by atoms with Crippen LogP contribution in [0, 0.1) is 0 Å². The van der Waals surface area contributed by atoms with Gasteiger partial charge in [-0.2, -0.15) is 5.10 Å². The SMILES string of the molecule is C=CCCOc1cccc(-n2nccc2C(=O)O)c1. The first-order chi connectivity index (χ1) is 9.22. The van der Waals surface area contributed by atoms with E-state index >= 15 is 0 Å². The van der Waals surface area contributed by atoms with Gasteiger partial charge in [-0.25, -0.2) is 9.48 Å². The normalized spacial score (nSPS) is 10.1. The number of hydrogen-bond acceptors (Lipinski definition) is 3. The Balaban J connectivity index is 2.25. The van der Waals surface area contributed by atoms with E-state index in [1.807, 2.05) is 6.07 Å². The lowest BCUT2D eigenvalue weighted by molar-refractivity contribution is 0.0687. The first-order valence-electron chi connectivity index (χ1n) is 5.84. The molecule has 0 spiro atoms. The fourth-order valence-electron chi connectivity index (χ4n) is 1.64. The minimum atomic E-state index is -1.02. The van der Waals surface area contributed by atoms with E-state index in [1.54, 1.807) is 24.3 Å². The Morgan fingerprint density at radius 3 is 3.05 bits per heavy atom. The molecule has 2 aromatic rings. The van der Waals surface area contributed by atoms with Crippen LogP contribution in [0.5, 0.6) is 5.75 Å². The third-order valence-electron chi connectivity index (χ3n) is 2.51. The molecule has 0 amide bonds. The molecular formula is C14H14N2O3. The molecule has 98 valence electrons. The van der Waals surface area contributed by atoms with Crippen molar-refractivity contribution in [2.45, 2.75) is 6.42 Å². The monoisotopic (exact) mass is 258 g/mol. The fourth-order valence-corrected chi connectivity index (χ4v) is 1.64. The van der Waals surface area contributed by atoms with Crippen LogP contribution in [0.2, 0.25) is 0 Å². The summed E-state index contributed by atoms with van der Waals surface area (Å²) in [5.74, 6) is -0.346. The Labute approximate surface area is 110 Å². The van der Waals surface area contributed by atoms with Gasteiger partial charge in [-0.1, -0.05) is 12.1 Å². The van der Waals surface area contributed by atoms with Gasteiger partial charge in [-0.15, -0.1) is 6.58 Å². The number of carboxylic acid groups (broad SMARTS) is 1. The summed E-state index contributed by atoms with van der Waals surface area (Å²) in [5.41, 5.74) is 0.766. The van der Waals surface area contributed by atoms with Crippen molar-refractivity contribution in [1.82, 2.24) is 9.78 Å². The molecule has 0 unspecified atom stereocenters. The van der Waals surface area contributed by atoms with Crippen LogP contribution in [0.25, 0.3) is 5.69 Å². The van der Waals surface area contributed by atoms with Crippen LogP contribution in [0.15, 0.2) is 49.2 Å². The van der Waals surface area contributed by atoms with Crippen LogP contribution >= 0.6 is 0 Å². The predicted molar refractivity (Wildman–Crippen MR) is 70.8 cm³/mol. The summed E-state index contributed by atoms with van der Waals surface area (Å²) < 4.78 is 6.89. The van der Waals surface area contributed by atoms with Gasteiger partial charge >= 0.3 is 5.97 Å². The Morgan fingerprint density at radius 1 is 1.47 bits per heavy atom. The van der Waals surface area contributed by atoms with Gasteiger partial charge in [-0.05, 0) is 24.6 Å². The van der Waals surface area contributed by atoms with Crippen molar-refractivity contribution in [2.75, 3.05) is 6.61 Å². The Morgan fingerprint density at radius 2 is 2.32 bits per heavy atom. The number of ether oxygens (including phenoxy) is 1. The number of aromatic carboxylic acids is 1. The van der Waals surface area contributed by atoms with Crippen LogP contribution in [-0.4, -0.2) is 27.5 Å². The van der Waals surface area contributed by atoms with Crippen LogP contribution in [-0.2, 0) is 0 Å². The van der Waals surface area contributed by atoms with Gasteiger partial charge in [-0.3, -0.25) is 0 Å². The second-order valence-corrected chi connectivity index (χ2v) is 3.86. The van der Waals surface area contributed by atoms with E-state index in [9.17, 15) is 4.79 Å². The average Bonchev–Trinajstić information content (AvgIpc) is 2.89. The maximum Gasteiger partial charge on any atom is 0.354 e. The molecule has 1 N–H and O–H groups in total. The van der Waals surface area contributed by atoms with Gasteiger partial charge < -0.3 is 9.84 Å². The molecule has 1 aromatic heterocycles. The van der Waals surface area contributed by atoms with Crippen LogP contribution in [0.1, 0.15) is 16.9 Å². The molecule has 1 heterocycles. The smallest absolute Gasteiger partial charge is 0.354 e. The highest BCUT2D eigenvalue weighted by Gasteiger charge is 2.11. The molecule has 0 bridgehead atoms. The van der Waals surface area contributed by atoms with Crippen molar-refractivity contribution < 1.29 is 14.6 Å². The average molecular weight is 258 g/mol. The highest BCUT2D eigenvalue weighted by atomic mass is 16.5. The second-order valence-electron chi connectivity index (χ2n) is 3.86. The van der Waals surface area contributed by atoms with Crippen LogP contribution in [0.4, 0.5) is 0 Å². The van der Waals surface area contributed by atoms with Crippen molar-refractivity contribution in [2.24, 2.45) is 0 Å². The van der Waals surface area contributed by atoms with E-state index < -0.39 is 5.97 Å². The first-order valence-corrected chi connectivity index (χ1v) is 5.84. The van der Waals surface area contributed by atoms with E-state index in [0.29, 0.717) is 18.0 Å². The minimum Gasteiger partial charge on any atom is -0.493 e.